The molecule has 0 amide bonds. The number of allylic oxidation sites excluding steroid dienone is 12. The third kappa shape index (κ3) is 63.7. The lowest BCUT2D eigenvalue weighted by molar-refractivity contribution is -0.167. The highest BCUT2D eigenvalue weighted by Crippen LogP contribution is 2.17. The molecule has 1 unspecified atom stereocenters. The summed E-state index contributed by atoms with van der Waals surface area (Å²) in [4.78, 5) is 38.4. The van der Waals surface area contributed by atoms with Crippen molar-refractivity contribution in [2.75, 3.05) is 13.2 Å². The zero-order valence-corrected chi connectivity index (χ0v) is 51.9. The SMILES string of the molecule is CC/C=C\C/C=C\C/C=C\C/C=C\C/C=C\CCCCCCCCCCCCCCCC(=O)OCC(COC(=O)CCCCCCCCCCCCCCC)OC(=O)CCCCCCCCC/C=C\CCCCCCCCC. The number of unbranched alkanes of at least 4 members (excludes halogenated alkanes) is 39. The van der Waals surface area contributed by atoms with Gasteiger partial charge in [-0.15, -0.1) is 0 Å². The van der Waals surface area contributed by atoms with Gasteiger partial charge in [0.15, 0.2) is 6.10 Å². The quantitative estimate of drug-likeness (QED) is 0.0261. The molecule has 452 valence electrons. The zero-order chi connectivity index (χ0) is 56.4. The highest BCUT2D eigenvalue weighted by atomic mass is 16.6. The van der Waals surface area contributed by atoms with Crippen molar-refractivity contribution in [3.05, 3.63) is 72.9 Å². The molecule has 0 aliphatic heterocycles. The van der Waals surface area contributed by atoms with Gasteiger partial charge in [0.25, 0.3) is 0 Å². The molecule has 0 heterocycles. The van der Waals surface area contributed by atoms with Gasteiger partial charge in [0.1, 0.15) is 13.2 Å². The summed E-state index contributed by atoms with van der Waals surface area (Å²) < 4.78 is 17.0. The molecule has 0 N–H and O–H groups in total. The normalized spacial score (nSPS) is 12.5. The Hall–Kier alpha value is -3.15. The van der Waals surface area contributed by atoms with E-state index in [1.165, 1.54) is 218 Å². The molecule has 6 nitrogen and oxygen atoms in total. The molecule has 0 aromatic carbocycles. The van der Waals surface area contributed by atoms with Gasteiger partial charge in [0, 0.05) is 19.3 Å². The molecule has 0 spiro atoms. The molecule has 0 aliphatic rings. The van der Waals surface area contributed by atoms with Crippen LogP contribution in [0, 0.1) is 0 Å². The van der Waals surface area contributed by atoms with Crippen molar-refractivity contribution in [3.63, 3.8) is 0 Å². The van der Waals surface area contributed by atoms with E-state index in [-0.39, 0.29) is 31.1 Å². The van der Waals surface area contributed by atoms with Crippen LogP contribution in [0.1, 0.15) is 348 Å². The third-order valence-electron chi connectivity index (χ3n) is 14.9. The Labute approximate surface area is 484 Å². The van der Waals surface area contributed by atoms with E-state index in [0.29, 0.717) is 19.3 Å². The van der Waals surface area contributed by atoms with Gasteiger partial charge in [-0.1, -0.05) is 312 Å². The zero-order valence-electron chi connectivity index (χ0n) is 51.9. The molecule has 0 rings (SSSR count). The maximum Gasteiger partial charge on any atom is 0.306 e. The molecule has 0 aliphatic carbocycles. The summed E-state index contributed by atoms with van der Waals surface area (Å²) in [5, 5.41) is 0. The van der Waals surface area contributed by atoms with Gasteiger partial charge in [-0.25, -0.2) is 0 Å². The standard InChI is InChI=1S/C72H128O6/c1-4-7-10-13-16-19-22-25-27-29-31-32-33-34-35-36-37-38-39-40-41-43-44-47-50-53-56-59-62-65-71(74)77-68-69(67-76-70(73)64-61-58-55-52-49-46-24-21-18-15-12-9-6-3)78-72(75)66-63-60-57-54-51-48-45-42-30-28-26-23-20-17-14-11-8-5-2/h7,10,16,19,25,27-28,30-32,34-35,69H,4-6,8-9,11-15,17-18,20-24,26,29,33,36-68H2,1-3H3/b10-7-,19-16-,27-25-,30-28-,32-31-,35-34-. The van der Waals surface area contributed by atoms with Crippen molar-refractivity contribution in [1.82, 2.24) is 0 Å². The minimum atomic E-state index is -0.776. The Morgan fingerprint density at radius 1 is 0.269 bits per heavy atom. The summed E-state index contributed by atoms with van der Waals surface area (Å²) in [6, 6.07) is 0. The first kappa shape index (κ1) is 74.8. The lowest BCUT2D eigenvalue weighted by Crippen LogP contribution is -2.30. The minimum Gasteiger partial charge on any atom is -0.462 e. The average Bonchev–Trinajstić information content (AvgIpc) is 3.44. The highest BCUT2D eigenvalue weighted by molar-refractivity contribution is 5.71. The van der Waals surface area contributed by atoms with Crippen LogP contribution >= 0.6 is 0 Å². The molecule has 78 heavy (non-hydrogen) atoms. The van der Waals surface area contributed by atoms with Gasteiger partial charge in [-0.3, -0.25) is 14.4 Å². The van der Waals surface area contributed by atoms with Crippen LogP contribution < -0.4 is 0 Å². The first-order chi connectivity index (χ1) is 38.5. The van der Waals surface area contributed by atoms with E-state index in [2.05, 4.69) is 93.7 Å². The Balaban J connectivity index is 4.24. The van der Waals surface area contributed by atoms with Crippen molar-refractivity contribution >= 4 is 17.9 Å². The molecule has 0 saturated heterocycles. The number of hydrogen-bond donors (Lipinski definition) is 0. The Morgan fingerprint density at radius 3 is 0.795 bits per heavy atom. The van der Waals surface area contributed by atoms with Crippen molar-refractivity contribution in [2.45, 2.75) is 354 Å². The molecule has 0 bridgehead atoms. The average molecular weight is 1090 g/mol. The molecule has 0 saturated carbocycles. The molecule has 0 fully saturated rings. The van der Waals surface area contributed by atoms with E-state index < -0.39 is 6.10 Å². The van der Waals surface area contributed by atoms with E-state index in [1.54, 1.807) is 0 Å². The number of hydrogen-bond acceptors (Lipinski definition) is 6. The van der Waals surface area contributed by atoms with Crippen molar-refractivity contribution in [3.8, 4) is 0 Å². The van der Waals surface area contributed by atoms with Crippen LogP contribution in [0.25, 0.3) is 0 Å². The van der Waals surface area contributed by atoms with Gasteiger partial charge < -0.3 is 14.2 Å². The smallest absolute Gasteiger partial charge is 0.306 e. The number of esters is 3. The van der Waals surface area contributed by atoms with Crippen LogP contribution in [0.4, 0.5) is 0 Å². The topological polar surface area (TPSA) is 78.9 Å². The summed E-state index contributed by atoms with van der Waals surface area (Å²) in [7, 11) is 0. The van der Waals surface area contributed by atoms with Gasteiger partial charge >= 0.3 is 17.9 Å². The van der Waals surface area contributed by atoms with E-state index in [9.17, 15) is 14.4 Å². The number of carbonyl (C=O) groups is 3. The maximum atomic E-state index is 12.9. The maximum absolute atomic E-state index is 12.9. The first-order valence-electron chi connectivity index (χ1n) is 33.9. The third-order valence-corrected chi connectivity index (χ3v) is 14.9. The van der Waals surface area contributed by atoms with Crippen LogP contribution in [-0.2, 0) is 28.6 Å². The van der Waals surface area contributed by atoms with E-state index in [4.69, 9.17) is 14.2 Å². The molecule has 0 aromatic rings. The molecule has 1 atom stereocenters. The molecular weight excluding hydrogens is 961 g/mol. The van der Waals surface area contributed by atoms with Gasteiger partial charge in [-0.05, 0) is 89.9 Å². The summed E-state index contributed by atoms with van der Waals surface area (Å²) in [6.07, 6.45) is 86.3. The molecule has 0 radical (unpaired) electrons. The fourth-order valence-electron chi connectivity index (χ4n) is 9.88. The van der Waals surface area contributed by atoms with Gasteiger partial charge in [0.2, 0.25) is 0 Å². The summed E-state index contributed by atoms with van der Waals surface area (Å²) in [6.45, 7) is 6.57. The molecule has 6 heteroatoms. The second-order valence-electron chi connectivity index (χ2n) is 22.7. The number of rotatable bonds is 62. The van der Waals surface area contributed by atoms with Crippen LogP contribution in [0.5, 0.6) is 0 Å². The van der Waals surface area contributed by atoms with Crippen molar-refractivity contribution in [2.24, 2.45) is 0 Å². The van der Waals surface area contributed by atoms with Gasteiger partial charge in [0.05, 0.1) is 0 Å². The van der Waals surface area contributed by atoms with Crippen LogP contribution in [-0.4, -0.2) is 37.2 Å². The first-order valence-corrected chi connectivity index (χ1v) is 33.9. The predicted molar refractivity (Wildman–Crippen MR) is 339 cm³/mol. The van der Waals surface area contributed by atoms with E-state index >= 15 is 0 Å². The van der Waals surface area contributed by atoms with Crippen LogP contribution in [0.15, 0.2) is 72.9 Å². The number of ether oxygens (including phenoxy) is 3. The Kier molecular flexibility index (Phi) is 63.7. The summed E-state index contributed by atoms with van der Waals surface area (Å²) in [5.41, 5.74) is 0. The van der Waals surface area contributed by atoms with E-state index in [0.717, 1.165) is 89.9 Å². The summed E-state index contributed by atoms with van der Waals surface area (Å²) >= 11 is 0. The Bertz CT molecular complexity index is 1440. The fraction of sp³-hybridized carbons (Fsp3) is 0.792. The number of carbonyl (C=O) groups excluding carboxylic acids is 3. The monoisotopic (exact) mass is 1090 g/mol. The van der Waals surface area contributed by atoms with Gasteiger partial charge in [-0.2, -0.15) is 0 Å². The van der Waals surface area contributed by atoms with Crippen LogP contribution in [0.3, 0.4) is 0 Å². The molecule has 0 aromatic heterocycles. The predicted octanol–water partition coefficient (Wildman–Crippen LogP) is 23.3. The highest BCUT2D eigenvalue weighted by Gasteiger charge is 2.19. The second-order valence-corrected chi connectivity index (χ2v) is 22.7. The second kappa shape index (κ2) is 66.4. The van der Waals surface area contributed by atoms with Crippen molar-refractivity contribution in [1.29, 1.82) is 0 Å². The largest absolute Gasteiger partial charge is 0.462 e. The lowest BCUT2D eigenvalue weighted by Gasteiger charge is -2.18. The minimum absolute atomic E-state index is 0.0724. The van der Waals surface area contributed by atoms with E-state index in [1.807, 2.05) is 0 Å². The molecular formula is C72H128O6. The lowest BCUT2D eigenvalue weighted by atomic mass is 10.0. The summed E-state index contributed by atoms with van der Waals surface area (Å²) in [5.74, 6) is -0.858. The van der Waals surface area contributed by atoms with Crippen LogP contribution in [0.2, 0.25) is 0 Å². The van der Waals surface area contributed by atoms with Crippen molar-refractivity contribution < 1.29 is 28.6 Å². The fourth-order valence-corrected chi connectivity index (χ4v) is 9.88. The Morgan fingerprint density at radius 2 is 0.500 bits per heavy atom.